The Hall–Kier alpha value is -1.52. The standard InChI is InChI=1S/C15H18ClN3O/c16-13-3-1-2-4-15(13)20-8-6-12-9-14(19-18-12)11-5-7-17-10-11/h1-4,9,11,17H,5-8,10H2,(H,18,19). The van der Waals surface area contributed by atoms with Crippen LogP contribution in [0.5, 0.6) is 5.75 Å². The van der Waals surface area contributed by atoms with Crippen LogP contribution in [0.25, 0.3) is 0 Å². The zero-order valence-electron chi connectivity index (χ0n) is 11.2. The fraction of sp³-hybridized carbons (Fsp3) is 0.400. The average Bonchev–Trinajstić information content (AvgIpc) is 3.11. The molecule has 2 N–H and O–H groups in total. The molecule has 3 rings (SSSR count). The highest BCUT2D eigenvalue weighted by molar-refractivity contribution is 6.32. The molecule has 4 nitrogen and oxygen atoms in total. The summed E-state index contributed by atoms with van der Waals surface area (Å²) in [5.41, 5.74) is 2.27. The van der Waals surface area contributed by atoms with Gasteiger partial charge in [-0.2, -0.15) is 5.10 Å². The maximum Gasteiger partial charge on any atom is 0.137 e. The smallest absolute Gasteiger partial charge is 0.137 e. The minimum Gasteiger partial charge on any atom is -0.492 e. The van der Waals surface area contributed by atoms with E-state index in [-0.39, 0.29) is 0 Å². The largest absolute Gasteiger partial charge is 0.492 e. The summed E-state index contributed by atoms with van der Waals surface area (Å²) in [7, 11) is 0. The van der Waals surface area contributed by atoms with Gasteiger partial charge in [0.05, 0.1) is 17.3 Å². The average molecular weight is 292 g/mol. The van der Waals surface area contributed by atoms with Gasteiger partial charge in [0.1, 0.15) is 5.75 Å². The SMILES string of the molecule is Clc1ccccc1OCCc1cc(C2CCNC2)n[nH]1. The lowest BCUT2D eigenvalue weighted by Crippen LogP contribution is -2.08. The number of para-hydroxylation sites is 1. The molecule has 1 unspecified atom stereocenters. The zero-order chi connectivity index (χ0) is 13.8. The van der Waals surface area contributed by atoms with E-state index in [1.165, 1.54) is 6.42 Å². The summed E-state index contributed by atoms with van der Waals surface area (Å²) < 4.78 is 5.68. The topological polar surface area (TPSA) is 49.9 Å². The maximum atomic E-state index is 6.04. The molecule has 0 spiro atoms. The molecule has 1 aromatic carbocycles. The number of rotatable bonds is 5. The second kappa shape index (κ2) is 6.29. The van der Waals surface area contributed by atoms with Crippen LogP contribution < -0.4 is 10.1 Å². The summed E-state index contributed by atoms with van der Waals surface area (Å²) >= 11 is 6.04. The number of benzene rings is 1. The monoisotopic (exact) mass is 291 g/mol. The van der Waals surface area contributed by atoms with Crippen LogP contribution in [0.4, 0.5) is 0 Å². The van der Waals surface area contributed by atoms with Crippen LogP contribution >= 0.6 is 11.6 Å². The zero-order valence-corrected chi connectivity index (χ0v) is 12.0. The molecule has 1 fully saturated rings. The summed E-state index contributed by atoms with van der Waals surface area (Å²) in [4.78, 5) is 0. The van der Waals surface area contributed by atoms with E-state index in [4.69, 9.17) is 16.3 Å². The molecule has 0 saturated carbocycles. The van der Waals surface area contributed by atoms with Crippen molar-refractivity contribution < 1.29 is 4.74 Å². The van der Waals surface area contributed by atoms with Crippen molar-refractivity contribution in [2.45, 2.75) is 18.8 Å². The quantitative estimate of drug-likeness (QED) is 0.890. The van der Waals surface area contributed by atoms with Gasteiger partial charge in [-0.3, -0.25) is 5.10 Å². The Balaban J connectivity index is 1.52. The van der Waals surface area contributed by atoms with Gasteiger partial charge in [-0.15, -0.1) is 0 Å². The van der Waals surface area contributed by atoms with Crippen molar-refractivity contribution in [3.05, 3.63) is 46.7 Å². The first-order chi connectivity index (χ1) is 9.83. The van der Waals surface area contributed by atoms with Crippen LogP contribution in [0.2, 0.25) is 5.02 Å². The van der Waals surface area contributed by atoms with Gasteiger partial charge in [0.15, 0.2) is 0 Å². The van der Waals surface area contributed by atoms with Crippen molar-refractivity contribution in [1.29, 1.82) is 0 Å². The van der Waals surface area contributed by atoms with E-state index in [0.29, 0.717) is 17.5 Å². The molecule has 2 heterocycles. The first kappa shape index (κ1) is 13.5. The van der Waals surface area contributed by atoms with Gasteiger partial charge in [0.25, 0.3) is 0 Å². The highest BCUT2D eigenvalue weighted by atomic mass is 35.5. The lowest BCUT2D eigenvalue weighted by Gasteiger charge is -2.06. The molecule has 0 radical (unpaired) electrons. The Morgan fingerprint density at radius 3 is 3.05 bits per heavy atom. The second-order valence-corrected chi connectivity index (χ2v) is 5.44. The molecule has 1 aromatic heterocycles. The third kappa shape index (κ3) is 3.14. The van der Waals surface area contributed by atoms with Gasteiger partial charge < -0.3 is 10.1 Å². The van der Waals surface area contributed by atoms with Crippen LogP contribution in [0.1, 0.15) is 23.7 Å². The Kier molecular flexibility index (Phi) is 4.23. The van der Waals surface area contributed by atoms with E-state index in [9.17, 15) is 0 Å². The van der Waals surface area contributed by atoms with Crippen LogP contribution in [-0.2, 0) is 6.42 Å². The number of nitrogens with zero attached hydrogens (tertiary/aromatic N) is 1. The Morgan fingerprint density at radius 1 is 1.35 bits per heavy atom. The molecule has 1 atom stereocenters. The lowest BCUT2D eigenvalue weighted by atomic mass is 10.0. The number of hydrogen-bond donors (Lipinski definition) is 2. The third-order valence-corrected chi connectivity index (χ3v) is 3.91. The second-order valence-electron chi connectivity index (χ2n) is 5.04. The number of halogens is 1. The molecular weight excluding hydrogens is 274 g/mol. The van der Waals surface area contributed by atoms with Gasteiger partial charge in [-0.05, 0) is 31.2 Å². The third-order valence-electron chi connectivity index (χ3n) is 3.59. The highest BCUT2D eigenvalue weighted by Gasteiger charge is 2.19. The number of nitrogens with one attached hydrogen (secondary N) is 2. The molecule has 5 heteroatoms. The summed E-state index contributed by atoms with van der Waals surface area (Å²) in [6, 6.07) is 9.67. The van der Waals surface area contributed by atoms with Gasteiger partial charge in [0, 0.05) is 24.6 Å². The highest BCUT2D eigenvalue weighted by Crippen LogP contribution is 2.24. The first-order valence-electron chi connectivity index (χ1n) is 6.95. The van der Waals surface area contributed by atoms with Crippen molar-refractivity contribution in [2.75, 3.05) is 19.7 Å². The van der Waals surface area contributed by atoms with E-state index < -0.39 is 0 Å². The normalized spacial score (nSPS) is 18.4. The van der Waals surface area contributed by atoms with Gasteiger partial charge in [-0.25, -0.2) is 0 Å². The van der Waals surface area contributed by atoms with Gasteiger partial charge in [-0.1, -0.05) is 23.7 Å². The number of H-pyrrole nitrogens is 1. The molecule has 1 aliphatic rings. The number of hydrogen-bond acceptors (Lipinski definition) is 3. The summed E-state index contributed by atoms with van der Waals surface area (Å²) in [5.74, 6) is 1.28. The predicted molar refractivity (Wildman–Crippen MR) is 79.5 cm³/mol. The Morgan fingerprint density at radius 2 is 2.25 bits per heavy atom. The van der Waals surface area contributed by atoms with E-state index in [1.807, 2.05) is 24.3 Å². The molecule has 0 bridgehead atoms. The van der Waals surface area contributed by atoms with E-state index >= 15 is 0 Å². The molecule has 2 aromatic rings. The van der Waals surface area contributed by atoms with Crippen molar-refractivity contribution in [3.8, 4) is 5.75 Å². The van der Waals surface area contributed by atoms with Crippen molar-refractivity contribution >= 4 is 11.6 Å². The minimum atomic E-state index is 0.546. The van der Waals surface area contributed by atoms with Crippen LogP contribution in [0.3, 0.4) is 0 Å². The van der Waals surface area contributed by atoms with Crippen LogP contribution in [0.15, 0.2) is 30.3 Å². The minimum absolute atomic E-state index is 0.546. The molecular formula is C15H18ClN3O. The number of aromatic nitrogens is 2. The fourth-order valence-corrected chi connectivity index (χ4v) is 2.65. The first-order valence-corrected chi connectivity index (χ1v) is 7.33. The Bertz CT molecular complexity index is 564. The van der Waals surface area contributed by atoms with Crippen molar-refractivity contribution in [3.63, 3.8) is 0 Å². The van der Waals surface area contributed by atoms with E-state index in [2.05, 4.69) is 21.6 Å². The van der Waals surface area contributed by atoms with Crippen molar-refractivity contribution in [2.24, 2.45) is 0 Å². The van der Waals surface area contributed by atoms with Crippen LogP contribution in [0, 0.1) is 0 Å². The number of aromatic amines is 1. The molecule has 1 aliphatic heterocycles. The van der Waals surface area contributed by atoms with Gasteiger partial charge >= 0.3 is 0 Å². The summed E-state index contributed by atoms with van der Waals surface area (Å²) in [6.45, 7) is 2.71. The lowest BCUT2D eigenvalue weighted by molar-refractivity contribution is 0.320. The van der Waals surface area contributed by atoms with Crippen molar-refractivity contribution in [1.82, 2.24) is 15.5 Å². The number of ether oxygens (including phenoxy) is 1. The molecule has 0 amide bonds. The maximum absolute atomic E-state index is 6.04. The van der Waals surface area contributed by atoms with Crippen LogP contribution in [-0.4, -0.2) is 29.9 Å². The summed E-state index contributed by atoms with van der Waals surface area (Å²) in [5, 5.41) is 11.5. The fourth-order valence-electron chi connectivity index (χ4n) is 2.46. The summed E-state index contributed by atoms with van der Waals surface area (Å²) in [6.07, 6.45) is 1.97. The predicted octanol–water partition coefficient (Wildman–Crippen LogP) is 2.76. The Labute approximate surface area is 123 Å². The van der Waals surface area contributed by atoms with Gasteiger partial charge in [0.2, 0.25) is 0 Å². The molecule has 0 aliphatic carbocycles. The molecule has 20 heavy (non-hydrogen) atoms. The van der Waals surface area contributed by atoms with E-state index in [0.717, 1.165) is 36.6 Å². The molecule has 1 saturated heterocycles. The molecule has 106 valence electrons. The van der Waals surface area contributed by atoms with E-state index in [1.54, 1.807) is 0 Å².